The number of benzene rings is 1. The van der Waals surface area contributed by atoms with Gasteiger partial charge < -0.3 is 4.74 Å². The Morgan fingerprint density at radius 2 is 1.65 bits per heavy atom. The highest BCUT2D eigenvalue weighted by Gasteiger charge is 2.31. The van der Waals surface area contributed by atoms with Crippen molar-refractivity contribution in [3.8, 4) is 5.75 Å². The summed E-state index contributed by atoms with van der Waals surface area (Å²) in [5, 5.41) is 0. The van der Waals surface area contributed by atoms with Gasteiger partial charge in [-0.1, -0.05) is 31.9 Å². The maximum atomic E-state index is 12.1. The second-order valence-corrected chi connectivity index (χ2v) is 5.62. The first-order chi connectivity index (χ1) is 9.48. The fraction of sp³-hybridized carbons (Fsp3) is 0.625. The number of rotatable bonds is 4. The quantitative estimate of drug-likeness (QED) is 0.694. The van der Waals surface area contributed by atoms with E-state index in [1.165, 1.54) is 37.8 Å². The summed E-state index contributed by atoms with van der Waals surface area (Å²) in [7, 11) is 0. The standard InChI is InChI=1S/C16H21F3O/c1-2-3-12-4-6-13(7-5-12)14-8-10-15(11-9-14)20-16(17,18)19/h8-13H,2-7H2,1H3/t12-,13-. The van der Waals surface area contributed by atoms with Gasteiger partial charge in [0.25, 0.3) is 0 Å². The smallest absolute Gasteiger partial charge is 0.406 e. The van der Waals surface area contributed by atoms with Crippen LogP contribution in [0.15, 0.2) is 24.3 Å². The zero-order chi connectivity index (χ0) is 14.6. The van der Waals surface area contributed by atoms with Gasteiger partial charge >= 0.3 is 6.36 Å². The van der Waals surface area contributed by atoms with E-state index in [1.807, 2.05) is 0 Å². The molecule has 0 bridgehead atoms. The molecule has 0 aromatic heterocycles. The molecule has 0 aliphatic heterocycles. The van der Waals surface area contributed by atoms with E-state index in [0.717, 1.165) is 24.3 Å². The first-order valence-electron chi connectivity index (χ1n) is 7.33. The van der Waals surface area contributed by atoms with Gasteiger partial charge in [-0.2, -0.15) is 0 Å². The second-order valence-electron chi connectivity index (χ2n) is 5.62. The van der Waals surface area contributed by atoms with Crippen molar-refractivity contribution in [3.63, 3.8) is 0 Å². The molecule has 0 heterocycles. The Hall–Kier alpha value is -1.19. The molecule has 0 N–H and O–H groups in total. The third-order valence-electron chi connectivity index (χ3n) is 4.13. The summed E-state index contributed by atoms with van der Waals surface area (Å²) in [4.78, 5) is 0. The van der Waals surface area contributed by atoms with Crippen LogP contribution in [-0.2, 0) is 0 Å². The molecule has 0 atom stereocenters. The van der Waals surface area contributed by atoms with Gasteiger partial charge in [0.15, 0.2) is 0 Å². The molecule has 4 heteroatoms. The third-order valence-corrected chi connectivity index (χ3v) is 4.13. The molecule has 0 radical (unpaired) electrons. The maximum Gasteiger partial charge on any atom is 0.573 e. The van der Waals surface area contributed by atoms with Gasteiger partial charge in [0, 0.05) is 0 Å². The fourth-order valence-electron chi connectivity index (χ4n) is 3.13. The first-order valence-corrected chi connectivity index (χ1v) is 7.33. The molecule has 112 valence electrons. The summed E-state index contributed by atoms with van der Waals surface area (Å²) < 4.78 is 40.2. The predicted molar refractivity (Wildman–Crippen MR) is 72.7 cm³/mol. The molecule has 1 saturated carbocycles. The van der Waals surface area contributed by atoms with E-state index in [1.54, 1.807) is 12.1 Å². The molecule has 1 nitrogen and oxygen atoms in total. The zero-order valence-electron chi connectivity index (χ0n) is 11.7. The van der Waals surface area contributed by atoms with Crippen LogP contribution in [0.25, 0.3) is 0 Å². The number of ether oxygens (including phenoxy) is 1. The van der Waals surface area contributed by atoms with Gasteiger partial charge in [0.1, 0.15) is 5.75 Å². The zero-order valence-corrected chi connectivity index (χ0v) is 11.7. The third kappa shape index (κ3) is 4.43. The van der Waals surface area contributed by atoms with Crippen LogP contribution in [0, 0.1) is 5.92 Å². The summed E-state index contributed by atoms with van der Waals surface area (Å²) in [6.45, 7) is 2.21. The highest BCUT2D eigenvalue weighted by atomic mass is 19.4. The SMILES string of the molecule is CCC[C@H]1CC[C@H](c2ccc(OC(F)(F)F)cc2)CC1. The Bertz CT molecular complexity index is 403. The van der Waals surface area contributed by atoms with Crippen LogP contribution in [0.1, 0.15) is 56.9 Å². The van der Waals surface area contributed by atoms with E-state index >= 15 is 0 Å². The first kappa shape index (κ1) is 15.2. The largest absolute Gasteiger partial charge is 0.573 e. The number of hydrogen-bond donors (Lipinski definition) is 0. The van der Waals surface area contributed by atoms with Crippen molar-refractivity contribution < 1.29 is 17.9 Å². The Morgan fingerprint density at radius 1 is 1.05 bits per heavy atom. The summed E-state index contributed by atoms with van der Waals surface area (Å²) >= 11 is 0. The fourth-order valence-corrected chi connectivity index (χ4v) is 3.13. The lowest BCUT2D eigenvalue weighted by molar-refractivity contribution is -0.274. The van der Waals surface area contributed by atoms with Gasteiger partial charge in [-0.25, -0.2) is 0 Å². The van der Waals surface area contributed by atoms with Crippen molar-refractivity contribution in [2.45, 2.75) is 57.7 Å². The van der Waals surface area contributed by atoms with Gasteiger partial charge in [0.05, 0.1) is 0 Å². The molecule has 2 rings (SSSR count). The monoisotopic (exact) mass is 286 g/mol. The van der Waals surface area contributed by atoms with E-state index < -0.39 is 6.36 Å². The lowest BCUT2D eigenvalue weighted by atomic mass is 9.77. The summed E-state index contributed by atoms with van der Waals surface area (Å²) in [6, 6.07) is 6.37. The molecule has 0 spiro atoms. The van der Waals surface area contributed by atoms with Crippen molar-refractivity contribution in [1.82, 2.24) is 0 Å². The lowest BCUT2D eigenvalue weighted by Crippen LogP contribution is -2.17. The van der Waals surface area contributed by atoms with Gasteiger partial charge in [-0.3, -0.25) is 0 Å². The molecular formula is C16H21F3O. The minimum atomic E-state index is -4.61. The van der Waals surface area contributed by atoms with Crippen LogP contribution in [-0.4, -0.2) is 6.36 Å². The normalized spacial score (nSPS) is 23.6. The van der Waals surface area contributed by atoms with Crippen LogP contribution in [0.3, 0.4) is 0 Å². The van der Waals surface area contributed by atoms with Crippen LogP contribution in [0.4, 0.5) is 13.2 Å². The highest BCUT2D eigenvalue weighted by molar-refractivity contribution is 5.29. The van der Waals surface area contributed by atoms with Crippen molar-refractivity contribution in [3.05, 3.63) is 29.8 Å². The van der Waals surface area contributed by atoms with Gasteiger partial charge in [-0.05, 0) is 55.2 Å². The Morgan fingerprint density at radius 3 is 2.15 bits per heavy atom. The minimum absolute atomic E-state index is 0.138. The Balaban J connectivity index is 1.91. The lowest BCUT2D eigenvalue weighted by Gasteiger charge is -2.28. The van der Waals surface area contributed by atoms with E-state index in [9.17, 15) is 13.2 Å². The van der Waals surface area contributed by atoms with Crippen LogP contribution < -0.4 is 4.74 Å². The number of halogens is 3. The average Bonchev–Trinajstić information content (AvgIpc) is 2.39. The minimum Gasteiger partial charge on any atom is -0.406 e. The molecule has 0 saturated heterocycles. The summed E-state index contributed by atoms with van der Waals surface area (Å²) in [5.41, 5.74) is 1.13. The molecule has 1 aliphatic rings. The summed E-state index contributed by atoms with van der Waals surface area (Å²) in [5.74, 6) is 1.19. The van der Waals surface area contributed by atoms with Crippen molar-refractivity contribution in [2.24, 2.45) is 5.92 Å². The number of hydrogen-bond acceptors (Lipinski definition) is 1. The van der Waals surface area contributed by atoms with E-state index in [0.29, 0.717) is 5.92 Å². The molecule has 1 aromatic rings. The molecule has 1 aliphatic carbocycles. The predicted octanol–water partition coefficient (Wildman–Crippen LogP) is 5.66. The van der Waals surface area contributed by atoms with Crippen molar-refractivity contribution in [2.75, 3.05) is 0 Å². The van der Waals surface area contributed by atoms with Crippen LogP contribution >= 0.6 is 0 Å². The molecule has 1 fully saturated rings. The van der Waals surface area contributed by atoms with E-state index in [2.05, 4.69) is 11.7 Å². The molecule has 20 heavy (non-hydrogen) atoms. The molecule has 1 aromatic carbocycles. The molecule has 0 unspecified atom stereocenters. The topological polar surface area (TPSA) is 9.23 Å². The Kier molecular flexibility index (Phi) is 4.95. The van der Waals surface area contributed by atoms with Crippen LogP contribution in [0.5, 0.6) is 5.75 Å². The molecular weight excluding hydrogens is 265 g/mol. The van der Waals surface area contributed by atoms with Gasteiger partial charge in [-0.15, -0.1) is 13.2 Å². The number of alkyl halides is 3. The highest BCUT2D eigenvalue weighted by Crippen LogP contribution is 2.38. The second kappa shape index (κ2) is 6.51. The van der Waals surface area contributed by atoms with Crippen molar-refractivity contribution >= 4 is 0 Å². The molecule has 0 amide bonds. The van der Waals surface area contributed by atoms with Crippen molar-refractivity contribution in [1.29, 1.82) is 0 Å². The maximum absolute atomic E-state index is 12.1. The Labute approximate surface area is 118 Å². The van der Waals surface area contributed by atoms with E-state index in [-0.39, 0.29) is 5.75 Å². The summed E-state index contributed by atoms with van der Waals surface area (Å²) in [6.07, 6.45) is 2.68. The van der Waals surface area contributed by atoms with Gasteiger partial charge in [0.2, 0.25) is 0 Å². The average molecular weight is 286 g/mol. The van der Waals surface area contributed by atoms with Crippen LogP contribution in [0.2, 0.25) is 0 Å². The van der Waals surface area contributed by atoms with E-state index in [4.69, 9.17) is 0 Å².